The van der Waals surface area contributed by atoms with Crippen LogP contribution in [0.1, 0.15) is 11.1 Å². The Labute approximate surface area is 135 Å². The van der Waals surface area contributed by atoms with Crippen LogP contribution < -0.4 is 10.1 Å². The first kappa shape index (κ1) is 16.1. The largest absolute Gasteiger partial charge is 0.492 e. The molecule has 0 unspecified atom stereocenters. The molecule has 0 aliphatic rings. The number of nitrogens with one attached hydrogen (secondary N) is 1. The van der Waals surface area contributed by atoms with Gasteiger partial charge in [0.2, 0.25) is 5.91 Å². The van der Waals surface area contributed by atoms with Crippen LogP contribution in [0.4, 0.5) is 0 Å². The van der Waals surface area contributed by atoms with E-state index in [9.17, 15) is 4.79 Å². The van der Waals surface area contributed by atoms with Gasteiger partial charge in [-0.05, 0) is 36.3 Å². The molecule has 3 nitrogen and oxygen atoms in total. The van der Waals surface area contributed by atoms with E-state index in [0.717, 1.165) is 11.1 Å². The fourth-order valence-corrected chi connectivity index (χ4v) is 1.97. The molecule has 2 aromatic rings. The fraction of sp³-hybridized carbons (Fsp3) is 0.167. The molecule has 4 heteroatoms. The van der Waals surface area contributed by atoms with Crippen LogP contribution in [0.5, 0.6) is 5.75 Å². The smallest absolute Gasteiger partial charge is 0.244 e. The van der Waals surface area contributed by atoms with Gasteiger partial charge in [-0.3, -0.25) is 4.79 Å². The van der Waals surface area contributed by atoms with E-state index in [1.165, 1.54) is 6.08 Å². The van der Waals surface area contributed by atoms with Crippen molar-refractivity contribution in [3.05, 3.63) is 70.8 Å². The Morgan fingerprint density at radius 1 is 1.23 bits per heavy atom. The molecular formula is C18H18ClNO2. The lowest BCUT2D eigenvalue weighted by Gasteiger charge is -2.07. The van der Waals surface area contributed by atoms with Crippen molar-refractivity contribution in [1.29, 1.82) is 0 Å². The molecule has 114 valence electrons. The van der Waals surface area contributed by atoms with Crippen LogP contribution >= 0.6 is 11.6 Å². The van der Waals surface area contributed by atoms with Crippen molar-refractivity contribution in [3.8, 4) is 5.75 Å². The molecule has 0 saturated heterocycles. The molecule has 0 bridgehead atoms. The average Bonchev–Trinajstić information content (AvgIpc) is 2.54. The Bertz CT molecular complexity index is 653. The SMILES string of the molecule is Cc1ccc(OCCNC(=O)/C=C/c2ccccc2)cc1Cl. The van der Waals surface area contributed by atoms with Crippen molar-refractivity contribution in [2.45, 2.75) is 6.92 Å². The summed E-state index contributed by atoms with van der Waals surface area (Å²) in [5.41, 5.74) is 2.00. The van der Waals surface area contributed by atoms with E-state index >= 15 is 0 Å². The minimum Gasteiger partial charge on any atom is -0.492 e. The van der Waals surface area contributed by atoms with Gasteiger partial charge < -0.3 is 10.1 Å². The number of aryl methyl sites for hydroxylation is 1. The first-order chi connectivity index (χ1) is 10.6. The van der Waals surface area contributed by atoms with Gasteiger partial charge in [-0.15, -0.1) is 0 Å². The second-order valence-corrected chi connectivity index (χ2v) is 5.20. The topological polar surface area (TPSA) is 38.3 Å². The second-order valence-electron chi connectivity index (χ2n) is 4.79. The van der Waals surface area contributed by atoms with Gasteiger partial charge in [0.25, 0.3) is 0 Å². The molecule has 1 amide bonds. The Hall–Kier alpha value is -2.26. The fourth-order valence-electron chi connectivity index (χ4n) is 1.80. The van der Waals surface area contributed by atoms with E-state index in [2.05, 4.69) is 5.32 Å². The zero-order chi connectivity index (χ0) is 15.8. The van der Waals surface area contributed by atoms with Crippen LogP contribution in [0.3, 0.4) is 0 Å². The molecule has 22 heavy (non-hydrogen) atoms. The van der Waals surface area contributed by atoms with Crippen molar-refractivity contribution in [3.63, 3.8) is 0 Å². The van der Waals surface area contributed by atoms with E-state index in [4.69, 9.17) is 16.3 Å². The van der Waals surface area contributed by atoms with E-state index in [-0.39, 0.29) is 5.91 Å². The van der Waals surface area contributed by atoms with Gasteiger partial charge >= 0.3 is 0 Å². The maximum atomic E-state index is 11.7. The first-order valence-corrected chi connectivity index (χ1v) is 7.43. The summed E-state index contributed by atoms with van der Waals surface area (Å²) in [5.74, 6) is 0.555. The Morgan fingerprint density at radius 3 is 2.73 bits per heavy atom. The van der Waals surface area contributed by atoms with E-state index < -0.39 is 0 Å². The Morgan fingerprint density at radius 2 is 2.00 bits per heavy atom. The van der Waals surface area contributed by atoms with Gasteiger partial charge in [0.15, 0.2) is 0 Å². The third kappa shape index (κ3) is 5.26. The lowest BCUT2D eigenvalue weighted by Crippen LogP contribution is -2.26. The van der Waals surface area contributed by atoms with Gasteiger partial charge in [0, 0.05) is 11.1 Å². The number of ether oxygens (including phenoxy) is 1. The van der Waals surface area contributed by atoms with E-state index in [0.29, 0.717) is 23.9 Å². The highest BCUT2D eigenvalue weighted by molar-refractivity contribution is 6.31. The van der Waals surface area contributed by atoms with Gasteiger partial charge in [-0.2, -0.15) is 0 Å². The number of benzene rings is 2. The highest BCUT2D eigenvalue weighted by Gasteiger charge is 1.99. The lowest BCUT2D eigenvalue weighted by atomic mass is 10.2. The molecule has 0 aliphatic heterocycles. The van der Waals surface area contributed by atoms with Crippen LogP contribution in [0, 0.1) is 6.92 Å². The number of halogens is 1. The average molecular weight is 316 g/mol. The van der Waals surface area contributed by atoms with Crippen LogP contribution in [-0.4, -0.2) is 19.1 Å². The standard InChI is InChI=1S/C18H18ClNO2/c1-14-7-9-16(13-17(14)19)22-12-11-20-18(21)10-8-15-5-3-2-4-6-15/h2-10,13H,11-12H2,1H3,(H,20,21)/b10-8+. The summed E-state index contributed by atoms with van der Waals surface area (Å²) in [6, 6.07) is 15.2. The predicted molar refractivity (Wildman–Crippen MR) is 90.2 cm³/mol. The first-order valence-electron chi connectivity index (χ1n) is 7.05. The third-order valence-corrected chi connectivity index (χ3v) is 3.45. The maximum absolute atomic E-state index is 11.7. The molecule has 2 rings (SSSR count). The van der Waals surface area contributed by atoms with Gasteiger partial charge in [0.1, 0.15) is 12.4 Å². The summed E-state index contributed by atoms with van der Waals surface area (Å²) in [5, 5.41) is 3.44. The highest BCUT2D eigenvalue weighted by atomic mass is 35.5. The number of hydrogen-bond donors (Lipinski definition) is 1. The minimum atomic E-state index is -0.144. The summed E-state index contributed by atoms with van der Waals surface area (Å²) < 4.78 is 5.53. The number of amides is 1. The van der Waals surface area contributed by atoms with Gasteiger partial charge in [0.05, 0.1) is 6.54 Å². The summed E-state index contributed by atoms with van der Waals surface area (Å²) >= 11 is 6.02. The van der Waals surface area contributed by atoms with Crippen LogP contribution in [0.15, 0.2) is 54.6 Å². The zero-order valence-electron chi connectivity index (χ0n) is 12.4. The van der Waals surface area contributed by atoms with Crippen molar-refractivity contribution < 1.29 is 9.53 Å². The summed E-state index contributed by atoms with van der Waals surface area (Å²) in [6.07, 6.45) is 3.29. The number of carbonyl (C=O) groups excluding carboxylic acids is 1. The lowest BCUT2D eigenvalue weighted by molar-refractivity contribution is -0.116. The third-order valence-electron chi connectivity index (χ3n) is 3.04. The number of rotatable bonds is 6. The van der Waals surface area contributed by atoms with Crippen molar-refractivity contribution in [1.82, 2.24) is 5.32 Å². The van der Waals surface area contributed by atoms with E-state index in [1.807, 2.05) is 49.4 Å². The quantitative estimate of drug-likeness (QED) is 0.649. The Kier molecular flexibility index (Phi) is 6.04. The molecule has 2 aromatic carbocycles. The van der Waals surface area contributed by atoms with Gasteiger partial charge in [-0.25, -0.2) is 0 Å². The molecule has 0 aromatic heterocycles. The minimum absolute atomic E-state index is 0.144. The van der Waals surface area contributed by atoms with E-state index in [1.54, 1.807) is 12.1 Å². The molecule has 0 fully saturated rings. The van der Waals surface area contributed by atoms with Crippen LogP contribution in [-0.2, 0) is 4.79 Å². The number of carbonyl (C=O) groups is 1. The van der Waals surface area contributed by atoms with Crippen molar-refractivity contribution in [2.75, 3.05) is 13.2 Å². The maximum Gasteiger partial charge on any atom is 0.244 e. The normalized spacial score (nSPS) is 10.6. The highest BCUT2D eigenvalue weighted by Crippen LogP contribution is 2.21. The molecule has 0 atom stereocenters. The Balaban J connectivity index is 1.71. The molecule has 0 radical (unpaired) electrons. The summed E-state index contributed by atoms with van der Waals surface area (Å²) in [4.78, 5) is 11.7. The second kappa shape index (κ2) is 8.25. The molecule has 0 aliphatic carbocycles. The van der Waals surface area contributed by atoms with Crippen molar-refractivity contribution in [2.24, 2.45) is 0 Å². The summed E-state index contributed by atoms with van der Waals surface area (Å²) in [7, 11) is 0. The van der Waals surface area contributed by atoms with Crippen molar-refractivity contribution >= 4 is 23.6 Å². The van der Waals surface area contributed by atoms with Crippen LogP contribution in [0.2, 0.25) is 5.02 Å². The molecule has 0 heterocycles. The predicted octanol–water partition coefficient (Wildman–Crippen LogP) is 3.86. The molecule has 0 saturated carbocycles. The summed E-state index contributed by atoms with van der Waals surface area (Å²) in [6.45, 7) is 2.76. The van der Waals surface area contributed by atoms with Gasteiger partial charge in [-0.1, -0.05) is 48.0 Å². The zero-order valence-corrected chi connectivity index (χ0v) is 13.1. The molecule has 0 spiro atoms. The monoisotopic (exact) mass is 315 g/mol. The molecular weight excluding hydrogens is 298 g/mol. The number of hydrogen-bond acceptors (Lipinski definition) is 2. The molecule has 1 N–H and O–H groups in total. The van der Waals surface area contributed by atoms with Crippen LogP contribution in [0.25, 0.3) is 6.08 Å².